The molecule has 2 aliphatic heterocycles. The zero-order valence-electron chi connectivity index (χ0n) is 17.5. The summed E-state index contributed by atoms with van der Waals surface area (Å²) in [5.41, 5.74) is 8.52. The number of nitrogens with two attached hydrogens (primary N) is 1. The van der Waals surface area contributed by atoms with Crippen molar-refractivity contribution >= 4 is 11.7 Å². The minimum Gasteiger partial charge on any atom is -0.355 e. The molecule has 0 radical (unpaired) electrons. The molecule has 4 rings (SSSR count). The second-order valence-electron chi connectivity index (χ2n) is 9.28. The van der Waals surface area contributed by atoms with Crippen LogP contribution in [-0.4, -0.2) is 53.0 Å². The van der Waals surface area contributed by atoms with Crippen LogP contribution in [-0.2, 0) is 0 Å². The first-order valence-electron chi connectivity index (χ1n) is 11.1. The average molecular weight is 386 g/mol. The molecule has 1 saturated carbocycles. The molecular weight excluding hydrogens is 350 g/mol. The molecule has 6 heteroatoms. The molecule has 0 unspecified atom stereocenters. The van der Waals surface area contributed by atoms with Gasteiger partial charge >= 0.3 is 0 Å². The monoisotopic (exact) mass is 385 g/mol. The van der Waals surface area contributed by atoms with Crippen LogP contribution in [0.15, 0.2) is 0 Å². The van der Waals surface area contributed by atoms with Crippen LogP contribution in [0.1, 0.15) is 79.7 Å². The zero-order chi connectivity index (χ0) is 19.7. The number of carbonyl (C=O) groups is 1. The molecule has 1 spiro atoms. The maximum absolute atomic E-state index is 13.3. The first kappa shape index (κ1) is 19.6. The van der Waals surface area contributed by atoms with Gasteiger partial charge in [-0.15, -0.1) is 0 Å². The number of anilines is 1. The van der Waals surface area contributed by atoms with Gasteiger partial charge in [0, 0.05) is 43.5 Å². The van der Waals surface area contributed by atoms with Crippen molar-refractivity contribution in [2.75, 3.05) is 31.1 Å². The molecule has 154 valence electrons. The van der Waals surface area contributed by atoms with Crippen molar-refractivity contribution in [2.45, 2.75) is 77.7 Å². The van der Waals surface area contributed by atoms with Crippen molar-refractivity contribution in [1.82, 2.24) is 14.9 Å². The van der Waals surface area contributed by atoms with E-state index in [4.69, 9.17) is 10.7 Å². The Bertz CT molecular complexity index is 728. The summed E-state index contributed by atoms with van der Waals surface area (Å²) in [5, 5.41) is 0. The smallest absolute Gasteiger partial charge is 0.291 e. The van der Waals surface area contributed by atoms with Gasteiger partial charge in [-0.05, 0) is 57.8 Å². The lowest BCUT2D eigenvalue weighted by Gasteiger charge is -2.36. The Morgan fingerprint density at radius 3 is 2.46 bits per heavy atom. The van der Waals surface area contributed by atoms with Crippen LogP contribution in [0.5, 0.6) is 0 Å². The lowest BCUT2D eigenvalue weighted by atomic mass is 9.69. The molecule has 0 bridgehead atoms. The molecule has 2 N–H and O–H groups in total. The predicted octanol–water partition coefficient (Wildman–Crippen LogP) is 3.21. The fraction of sp³-hybridized carbons (Fsp3) is 0.773. The Kier molecular flexibility index (Phi) is 5.59. The van der Waals surface area contributed by atoms with Crippen molar-refractivity contribution in [3.8, 4) is 0 Å². The molecule has 0 aromatic carbocycles. The summed E-state index contributed by atoms with van der Waals surface area (Å²) in [6.45, 7) is 7.41. The molecule has 1 atom stereocenters. The number of rotatable bonds is 2. The van der Waals surface area contributed by atoms with Crippen molar-refractivity contribution in [2.24, 2.45) is 11.1 Å². The van der Waals surface area contributed by atoms with Gasteiger partial charge in [-0.1, -0.05) is 19.3 Å². The van der Waals surface area contributed by atoms with Crippen LogP contribution in [0, 0.1) is 19.3 Å². The quantitative estimate of drug-likeness (QED) is 0.846. The summed E-state index contributed by atoms with van der Waals surface area (Å²) < 4.78 is 0. The summed E-state index contributed by atoms with van der Waals surface area (Å²) in [6.07, 6.45) is 11.3. The highest BCUT2D eigenvalue weighted by Gasteiger charge is 2.35. The standard InChI is InChI=1S/C22H35N5O/c1-16-17(2)24-19(25-20(16)27-13-7-18(23)15-27)21(28)26-12-6-10-22(11-14-26)8-4-3-5-9-22/h18H,3-15,23H2,1-2H3/t18-/m1/s1. The fourth-order valence-electron chi connectivity index (χ4n) is 5.40. The van der Waals surface area contributed by atoms with E-state index in [9.17, 15) is 4.79 Å². The highest BCUT2D eigenvalue weighted by Crippen LogP contribution is 2.44. The molecule has 3 heterocycles. The number of likely N-dealkylation sites (tertiary alicyclic amines) is 1. The number of hydrogen-bond donors (Lipinski definition) is 1. The molecule has 3 fully saturated rings. The van der Waals surface area contributed by atoms with Gasteiger partial charge in [-0.3, -0.25) is 4.79 Å². The largest absolute Gasteiger partial charge is 0.355 e. The topological polar surface area (TPSA) is 75.4 Å². The molecule has 6 nitrogen and oxygen atoms in total. The Labute approximate surface area is 168 Å². The van der Waals surface area contributed by atoms with Gasteiger partial charge in [0.2, 0.25) is 5.82 Å². The lowest BCUT2D eigenvalue weighted by Crippen LogP contribution is -2.35. The van der Waals surface area contributed by atoms with Gasteiger partial charge in [-0.2, -0.15) is 0 Å². The average Bonchev–Trinajstić information content (AvgIpc) is 3.02. The highest BCUT2D eigenvalue weighted by atomic mass is 16.2. The van der Waals surface area contributed by atoms with Crippen LogP contribution in [0.2, 0.25) is 0 Å². The molecule has 1 amide bonds. The van der Waals surface area contributed by atoms with E-state index in [1.807, 2.05) is 18.7 Å². The third kappa shape index (κ3) is 3.88. The van der Waals surface area contributed by atoms with E-state index < -0.39 is 0 Å². The van der Waals surface area contributed by atoms with Crippen LogP contribution in [0.3, 0.4) is 0 Å². The van der Waals surface area contributed by atoms with Gasteiger partial charge in [0.1, 0.15) is 5.82 Å². The zero-order valence-corrected chi connectivity index (χ0v) is 17.5. The number of nitrogens with zero attached hydrogens (tertiary/aromatic N) is 4. The van der Waals surface area contributed by atoms with Crippen molar-refractivity contribution < 1.29 is 4.79 Å². The summed E-state index contributed by atoms with van der Waals surface area (Å²) in [7, 11) is 0. The fourth-order valence-corrected chi connectivity index (χ4v) is 5.40. The van der Waals surface area contributed by atoms with E-state index in [1.54, 1.807) is 0 Å². The Morgan fingerprint density at radius 2 is 1.75 bits per heavy atom. The Balaban J connectivity index is 1.52. The third-order valence-corrected chi connectivity index (χ3v) is 7.33. The molecule has 3 aliphatic rings. The van der Waals surface area contributed by atoms with E-state index in [0.29, 0.717) is 11.2 Å². The number of carbonyl (C=O) groups excluding carboxylic acids is 1. The molecule has 1 aliphatic carbocycles. The van der Waals surface area contributed by atoms with Crippen molar-refractivity contribution in [3.63, 3.8) is 0 Å². The second-order valence-corrected chi connectivity index (χ2v) is 9.28. The molecule has 1 aromatic rings. The minimum atomic E-state index is 0.000653. The first-order valence-corrected chi connectivity index (χ1v) is 11.1. The second kappa shape index (κ2) is 7.97. The van der Waals surface area contributed by atoms with Crippen LogP contribution < -0.4 is 10.6 Å². The number of aromatic nitrogens is 2. The third-order valence-electron chi connectivity index (χ3n) is 7.33. The van der Waals surface area contributed by atoms with E-state index in [2.05, 4.69) is 9.88 Å². The molecule has 28 heavy (non-hydrogen) atoms. The normalized spacial score (nSPS) is 25.2. The van der Waals surface area contributed by atoms with Crippen LogP contribution >= 0.6 is 0 Å². The van der Waals surface area contributed by atoms with Crippen LogP contribution in [0.25, 0.3) is 0 Å². The van der Waals surface area contributed by atoms with E-state index in [0.717, 1.165) is 62.5 Å². The summed E-state index contributed by atoms with van der Waals surface area (Å²) in [6, 6.07) is 0.186. The van der Waals surface area contributed by atoms with Gasteiger partial charge < -0.3 is 15.5 Å². The van der Waals surface area contributed by atoms with Gasteiger partial charge in [0.25, 0.3) is 5.91 Å². The SMILES string of the molecule is Cc1nc(C(=O)N2CCCC3(CCCCC3)CC2)nc(N2CC[C@@H](N)C2)c1C. The summed E-state index contributed by atoms with van der Waals surface area (Å²) >= 11 is 0. The van der Waals surface area contributed by atoms with Crippen molar-refractivity contribution in [3.05, 3.63) is 17.1 Å². The molecular formula is C22H35N5O. The Morgan fingerprint density at radius 1 is 1.00 bits per heavy atom. The van der Waals surface area contributed by atoms with Crippen LogP contribution in [0.4, 0.5) is 5.82 Å². The Hall–Kier alpha value is -1.69. The molecule has 1 aromatic heterocycles. The predicted molar refractivity (Wildman–Crippen MR) is 112 cm³/mol. The van der Waals surface area contributed by atoms with E-state index in [-0.39, 0.29) is 11.9 Å². The summed E-state index contributed by atoms with van der Waals surface area (Å²) in [4.78, 5) is 26.8. The lowest BCUT2D eigenvalue weighted by molar-refractivity contribution is 0.0736. The number of hydrogen-bond acceptors (Lipinski definition) is 5. The first-order chi connectivity index (χ1) is 13.5. The van der Waals surface area contributed by atoms with Gasteiger partial charge in [0.05, 0.1) is 0 Å². The van der Waals surface area contributed by atoms with E-state index in [1.165, 1.54) is 38.5 Å². The highest BCUT2D eigenvalue weighted by molar-refractivity contribution is 5.91. The van der Waals surface area contributed by atoms with E-state index >= 15 is 0 Å². The van der Waals surface area contributed by atoms with Crippen molar-refractivity contribution in [1.29, 1.82) is 0 Å². The van der Waals surface area contributed by atoms with Gasteiger partial charge in [-0.25, -0.2) is 9.97 Å². The molecule has 2 saturated heterocycles. The minimum absolute atomic E-state index is 0.000653. The maximum atomic E-state index is 13.3. The number of amides is 1. The number of aryl methyl sites for hydroxylation is 1. The summed E-state index contributed by atoms with van der Waals surface area (Å²) in [5.74, 6) is 1.25. The maximum Gasteiger partial charge on any atom is 0.291 e. The van der Waals surface area contributed by atoms with Gasteiger partial charge in [0.15, 0.2) is 0 Å².